The maximum Gasteiger partial charge on any atom is 0.159 e. The first-order valence-electron chi connectivity index (χ1n) is 7.76. The summed E-state index contributed by atoms with van der Waals surface area (Å²) in [6.07, 6.45) is 1.49. The van der Waals surface area contributed by atoms with Crippen molar-refractivity contribution in [3.63, 3.8) is 0 Å². The Bertz CT molecular complexity index is 892. The SMILES string of the molecule is CC(=O)c1ccc(Nc2ncnc(Sc3ccc(C)cc3)c2N)cc1. The molecule has 5 nitrogen and oxygen atoms in total. The highest BCUT2D eigenvalue weighted by Gasteiger charge is 2.10. The van der Waals surface area contributed by atoms with Crippen LogP contribution in [0.15, 0.2) is 64.8 Å². The lowest BCUT2D eigenvalue weighted by Crippen LogP contribution is -2.02. The summed E-state index contributed by atoms with van der Waals surface area (Å²) in [7, 11) is 0. The zero-order valence-corrected chi connectivity index (χ0v) is 14.8. The Hall–Kier alpha value is -2.86. The largest absolute Gasteiger partial charge is 0.394 e. The molecule has 126 valence electrons. The summed E-state index contributed by atoms with van der Waals surface area (Å²) >= 11 is 1.49. The second kappa shape index (κ2) is 7.36. The molecule has 3 rings (SSSR count). The van der Waals surface area contributed by atoms with Gasteiger partial charge in [-0.2, -0.15) is 0 Å². The number of rotatable bonds is 5. The number of carbonyl (C=O) groups excluding carboxylic acids is 1. The highest BCUT2D eigenvalue weighted by molar-refractivity contribution is 7.99. The minimum atomic E-state index is 0.0323. The van der Waals surface area contributed by atoms with Crippen molar-refractivity contribution >= 4 is 34.7 Å². The summed E-state index contributed by atoms with van der Waals surface area (Å²) < 4.78 is 0. The first-order valence-corrected chi connectivity index (χ1v) is 8.57. The smallest absolute Gasteiger partial charge is 0.159 e. The van der Waals surface area contributed by atoms with Gasteiger partial charge in [-0.25, -0.2) is 9.97 Å². The highest BCUT2D eigenvalue weighted by atomic mass is 32.2. The molecule has 0 aliphatic carbocycles. The Morgan fingerprint density at radius 1 is 1.04 bits per heavy atom. The van der Waals surface area contributed by atoms with E-state index in [1.54, 1.807) is 19.1 Å². The van der Waals surface area contributed by atoms with Crippen molar-refractivity contribution in [2.75, 3.05) is 11.1 Å². The molecule has 0 aliphatic heterocycles. The molecule has 3 N–H and O–H groups in total. The van der Waals surface area contributed by atoms with Crippen LogP contribution in [-0.2, 0) is 0 Å². The van der Waals surface area contributed by atoms with Gasteiger partial charge in [0.15, 0.2) is 11.6 Å². The molecular weight excluding hydrogens is 332 g/mol. The molecule has 1 aromatic heterocycles. The number of carbonyl (C=O) groups is 1. The number of benzene rings is 2. The van der Waals surface area contributed by atoms with Crippen molar-refractivity contribution in [1.82, 2.24) is 9.97 Å². The van der Waals surface area contributed by atoms with Gasteiger partial charge >= 0.3 is 0 Å². The molecule has 6 heteroatoms. The number of hydrogen-bond acceptors (Lipinski definition) is 6. The van der Waals surface area contributed by atoms with Crippen LogP contribution in [0.3, 0.4) is 0 Å². The Balaban J connectivity index is 1.80. The first-order chi connectivity index (χ1) is 12.0. The van der Waals surface area contributed by atoms with E-state index in [0.717, 1.165) is 10.6 Å². The van der Waals surface area contributed by atoms with Crippen LogP contribution >= 0.6 is 11.8 Å². The molecule has 0 saturated carbocycles. The number of Topliss-reactive ketones (excluding diaryl/α,β-unsaturated/α-hetero) is 1. The van der Waals surface area contributed by atoms with Gasteiger partial charge in [-0.05, 0) is 50.2 Å². The van der Waals surface area contributed by atoms with Crippen molar-refractivity contribution < 1.29 is 4.79 Å². The number of nitrogens with two attached hydrogens (primary N) is 1. The van der Waals surface area contributed by atoms with Crippen molar-refractivity contribution in [3.8, 4) is 0 Å². The lowest BCUT2D eigenvalue weighted by atomic mass is 10.1. The molecule has 0 unspecified atom stereocenters. The lowest BCUT2D eigenvalue weighted by Gasteiger charge is -2.11. The maximum absolute atomic E-state index is 11.3. The second-order valence-corrected chi connectivity index (χ2v) is 6.68. The molecule has 3 aromatic rings. The molecule has 2 aromatic carbocycles. The summed E-state index contributed by atoms with van der Waals surface area (Å²) in [6, 6.07) is 15.4. The number of anilines is 3. The molecule has 0 amide bonds. The van der Waals surface area contributed by atoms with Gasteiger partial charge < -0.3 is 11.1 Å². The molecule has 0 fully saturated rings. The third-order valence-corrected chi connectivity index (χ3v) is 4.66. The van der Waals surface area contributed by atoms with Crippen molar-refractivity contribution in [1.29, 1.82) is 0 Å². The summed E-state index contributed by atoms with van der Waals surface area (Å²) in [4.78, 5) is 20.9. The lowest BCUT2D eigenvalue weighted by molar-refractivity contribution is 0.101. The van der Waals surface area contributed by atoms with Crippen LogP contribution in [0.4, 0.5) is 17.2 Å². The minimum Gasteiger partial charge on any atom is -0.394 e. The van der Waals surface area contributed by atoms with Crippen LogP contribution in [-0.4, -0.2) is 15.8 Å². The Morgan fingerprint density at radius 2 is 1.72 bits per heavy atom. The van der Waals surface area contributed by atoms with Gasteiger partial charge in [0, 0.05) is 16.1 Å². The molecular formula is C19H18N4OS. The molecule has 0 saturated heterocycles. The molecule has 0 radical (unpaired) electrons. The first kappa shape index (κ1) is 17.0. The van der Waals surface area contributed by atoms with Gasteiger partial charge in [0.2, 0.25) is 0 Å². The predicted octanol–water partition coefficient (Wildman–Crippen LogP) is 4.46. The normalized spacial score (nSPS) is 10.5. The third-order valence-electron chi connectivity index (χ3n) is 3.64. The standard InChI is InChI=1S/C19H18N4OS/c1-12-3-9-16(10-4-12)25-19-17(20)18(21-11-22-19)23-15-7-5-14(6-8-15)13(2)24/h3-11H,20H2,1-2H3,(H,21,22,23). The highest BCUT2D eigenvalue weighted by Crippen LogP contribution is 2.34. The van der Waals surface area contributed by atoms with Crippen LogP contribution in [0.25, 0.3) is 0 Å². The van der Waals surface area contributed by atoms with Crippen LogP contribution in [0.1, 0.15) is 22.8 Å². The van der Waals surface area contributed by atoms with Crippen LogP contribution in [0, 0.1) is 6.92 Å². The number of aryl methyl sites for hydroxylation is 1. The molecule has 0 spiro atoms. The number of nitrogens with one attached hydrogen (secondary N) is 1. The van der Waals surface area contributed by atoms with E-state index in [1.807, 2.05) is 31.2 Å². The average Bonchev–Trinajstić information content (AvgIpc) is 2.61. The Labute approximate surface area is 150 Å². The van der Waals surface area contributed by atoms with E-state index in [-0.39, 0.29) is 5.78 Å². The molecule has 0 bridgehead atoms. The third kappa shape index (κ3) is 4.16. The molecule has 1 heterocycles. The monoisotopic (exact) mass is 350 g/mol. The van der Waals surface area contributed by atoms with Gasteiger partial charge in [-0.15, -0.1) is 0 Å². The van der Waals surface area contributed by atoms with E-state index in [2.05, 4.69) is 27.4 Å². The van der Waals surface area contributed by atoms with E-state index in [0.29, 0.717) is 22.1 Å². The minimum absolute atomic E-state index is 0.0323. The summed E-state index contributed by atoms with van der Waals surface area (Å²) in [5.74, 6) is 0.574. The predicted molar refractivity (Wildman–Crippen MR) is 101 cm³/mol. The Morgan fingerprint density at radius 3 is 2.36 bits per heavy atom. The van der Waals surface area contributed by atoms with Gasteiger partial charge in [-0.1, -0.05) is 29.5 Å². The fraction of sp³-hybridized carbons (Fsp3) is 0.105. The van der Waals surface area contributed by atoms with Crippen LogP contribution in [0.5, 0.6) is 0 Å². The number of ketones is 1. The van der Waals surface area contributed by atoms with Gasteiger partial charge in [0.05, 0.1) is 0 Å². The van der Waals surface area contributed by atoms with Crippen LogP contribution < -0.4 is 11.1 Å². The Kier molecular flexibility index (Phi) is 5.00. The molecule has 25 heavy (non-hydrogen) atoms. The topological polar surface area (TPSA) is 80.9 Å². The number of nitrogen functional groups attached to an aromatic ring is 1. The fourth-order valence-corrected chi connectivity index (χ4v) is 3.01. The molecule has 0 atom stereocenters. The zero-order valence-electron chi connectivity index (χ0n) is 14.0. The summed E-state index contributed by atoms with van der Waals surface area (Å²) in [5, 5.41) is 3.87. The van der Waals surface area contributed by atoms with Crippen molar-refractivity contribution in [2.24, 2.45) is 0 Å². The van der Waals surface area contributed by atoms with Crippen LogP contribution in [0.2, 0.25) is 0 Å². The van der Waals surface area contributed by atoms with E-state index in [4.69, 9.17) is 5.73 Å². The summed E-state index contributed by atoms with van der Waals surface area (Å²) in [6.45, 7) is 3.59. The van der Waals surface area contributed by atoms with E-state index < -0.39 is 0 Å². The number of aromatic nitrogens is 2. The fourth-order valence-electron chi connectivity index (χ4n) is 2.20. The average molecular weight is 350 g/mol. The summed E-state index contributed by atoms with van der Waals surface area (Å²) in [5.41, 5.74) is 9.39. The van der Waals surface area contributed by atoms with Crippen molar-refractivity contribution in [2.45, 2.75) is 23.8 Å². The van der Waals surface area contributed by atoms with Gasteiger partial charge in [-0.3, -0.25) is 4.79 Å². The zero-order chi connectivity index (χ0) is 17.8. The number of nitrogens with zero attached hydrogens (tertiary/aromatic N) is 2. The molecule has 0 aliphatic rings. The van der Waals surface area contributed by atoms with E-state index in [1.165, 1.54) is 23.7 Å². The van der Waals surface area contributed by atoms with E-state index in [9.17, 15) is 4.79 Å². The number of hydrogen-bond donors (Lipinski definition) is 2. The van der Waals surface area contributed by atoms with Gasteiger partial charge in [0.1, 0.15) is 17.0 Å². The van der Waals surface area contributed by atoms with E-state index >= 15 is 0 Å². The second-order valence-electron chi connectivity index (χ2n) is 5.61. The maximum atomic E-state index is 11.3. The van der Waals surface area contributed by atoms with Crippen molar-refractivity contribution in [3.05, 3.63) is 66.0 Å². The van der Waals surface area contributed by atoms with Gasteiger partial charge in [0.25, 0.3) is 0 Å². The quantitative estimate of drug-likeness (QED) is 0.522.